The molecule has 2 unspecified atom stereocenters. The molecule has 0 fully saturated rings. The van der Waals surface area contributed by atoms with Gasteiger partial charge in [-0.1, -0.05) is 19.4 Å². The smallest absolute Gasteiger partial charge is 0.165 e. The predicted molar refractivity (Wildman–Crippen MR) is 75.1 cm³/mol. The van der Waals surface area contributed by atoms with Crippen molar-refractivity contribution in [2.24, 2.45) is 0 Å². The minimum Gasteiger partial charge on any atom is -0.494 e. The van der Waals surface area contributed by atoms with Gasteiger partial charge in [0.25, 0.3) is 0 Å². The highest BCUT2D eigenvalue weighted by Crippen LogP contribution is 2.22. The molecule has 2 atom stereocenters. The molecular weight excluding hydrogens is 245 g/mol. The van der Waals surface area contributed by atoms with Crippen LogP contribution in [0.3, 0.4) is 0 Å². The summed E-state index contributed by atoms with van der Waals surface area (Å²) < 4.78 is 23.8. The Hall–Kier alpha value is -1.13. The fourth-order valence-electron chi connectivity index (χ4n) is 2.17. The zero-order valence-corrected chi connectivity index (χ0v) is 12.2. The molecule has 1 N–H and O–H groups in total. The standard InChI is InChI=1S/C15H24FNO2/c1-5-6-13(10-18-3)17-11(2)12-7-8-15(19-4)14(16)9-12/h7-9,11,13,17H,5-6,10H2,1-4H3. The van der Waals surface area contributed by atoms with Crippen LogP contribution in [0.15, 0.2) is 18.2 Å². The lowest BCUT2D eigenvalue weighted by Crippen LogP contribution is -2.35. The van der Waals surface area contributed by atoms with Crippen molar-refractivity contribution in [2.75, 3.05) is 20.8 Å². The molecule has 1 aromatic rings. The average Bonchev–Trinajstić information content (AvgIpc) is 2.39. The molecule has 0 bridgehead atoms. The summed E-state index contributed by atoms with van der Waals surface area (Å²) in [5.41, 5.74) is 0.913. The summed E-state index contributed by atoms with van der Waals surface area (Å²) >= 11 is 0. The van der Waals surface area contributed by atoms with Crippen molar-refractivity contribution < 1.29 is 13.9 Å². The molecule has 108 valence electrons. The molecule has 1 aromatic carbocycles. The fourth-order valence-corrected chi connectivity index (χ4v) is 2.17. The van der Waals surface area contributed by atoms with Gasteiger partial charge >= 0.3 is 0 Å². The van der Waals surface area contributed by atoms with Crippen LogP contribution in [-0.4, -0.2) is 26.9 Å². The highest BCUT2D eigenvalue weighted by molar-refractivity contribution is 5.30. The number of hydrogen-bond acceptors (Lipinski definition) is 3. The van der Waals surface area contributed by atoms with Gasteiger partial charge in [-0.2, -0.15) is 0 Å². The van der Waals surface area contributed by atoms with E-state index < -0.39 is 0 Å². The van der Waals surface area contributed by atoms with Crippen LogP contribution in [-0.2, 0) is 4.74 Å². The van der Waals surface area contributed by atoms with Crippen molar-refractivity contribution >= 4 is 0 Å². The van der Waals surface area contributed by atoms with Crippen LogP contribution < -0.4 is 10.1 Å². The molecule has 0 aromatic heterocycles. The first-order valence-corrected chi connectivity index (χ1v) is 6.70. The van der Waals surface area contributed by atoms with E-state index in [1.807, 2.05) is 13.0 Å². The Balaban J connectivity index is 2.70. The summed E-state index contributed by atoms with van der Waals surface area (Å²) in [5, 5.41) is 3.47. The van der Waals surface area contributed by atoms with Crippen LogP contribution in [0.25, 0.3) is 0 Å². The van der Waals surface area contributed by atoms with Gasteiger partial charge in [0, 0.05) is 19.2 Å². The Morgan fingerprint density at radius 1 is 1.32 bits per heavy atom. The van der Waals surface area contributed by atoms with Gasteiger partial charge in [0.1, 0.15) is 0 Å². The molecule has 19 heavy (non-hydrogen) atoms. The molecule has 0 spiro atoms. The summed E-state index contributed by atoms with van der Waals surface area (Å²) in [6, 6.07) is 5.43. The van der Waals surface area contributed by atoms with E-state index in [-0.39, 0.29) is 23.7 Å². The van der Waals surface area contributed by atoms with Gasteiger partial charge in [-0.15, -0.1) is 0 Å². The number of halogens is 1. The number of hydrogen-bond donors (Lipinski definition) is 1. The maximum absolute atomic E-state index is 13.7. The maximum Gasteiger partial charge on any atom is 0.165 e. The number of ether oxygens (including phenoxy) is 2. The predicted octanol–water partition coefficient (Wildman–Crippen LogP) is 3.30. The summed E-state index contributed by atoms with van der Waals surface area (Å²) in [4.78, 5) is 0. The van der Waals surface area contributed by atoms with Crippen molar-refractivity contribution in [3.8, 4) is 5.75 Å². The van der Waals surface area contributed by atoms with Gasteiger partial charge in [-0.05, 0) is 31.0 Å². The van der Waals surface area contributed by atoms with Crippen LogP contribution >= 0.6 is 0 Å². The summed E-state index contributed by atoms with van der Waals surface area (Å²) in [6.07, 6.45) is 2.13. The highest BCUT2D eigenvalue weighted by atomic mass is 19.1. The zero-order valence-electron chi connectivity index (χ0n) is 12.2. The molecule has 0 aliphatic heterocycles. The highest BCUT2D eigenvalue weighted by Gasteiger charge is 2.14. The van der Waals surface area contributed by atoms with E-state index >= 15 is 0 Å². The SMILES string of the molecule is CCCC(COC)NC(C)c1ccc(OC)c(F)c1. The van der Waals surface area contributed by atoms with Crippen LogP contribution in [0.5, 0.6) is 5.75 Å². The topological polar surface area (TPSA) is 30.5 Å². The van der Waals surface area contributed by atoms with E-state index in [0.29, 0.717) is 6.61 Å². The van der Waals surface area contributed by atoms with Crippen LogP contribution in [0.4, 0.5) is 4.39 Å². The first kappa shape index (κ1) is 15.9. The van der Waals surface area contributed by atoms with Crippen LogP contribution in [0.1, 0.15) is 38.3 Å². The molecule has 0 aliphatic rings. The summed E-state index contributed by atoms with van der Waals surface area (Å²) in [5.74, 6) is -0.0506. The van der Waals surface area contributed by atoms with E-state index in [9.17, 15) is 4.39 Å². The van der Waals surface area contributed by atoms with Gasteiger partial charge in [0.15, 0.2) is 11.6 Å². The molecule has 0 saturated carbocycles. The first-order chi connectivity index (χ1) is 9.12. The second-order valence-electron chi connectivity index (χ2n) is 4.72. The van der Waals surface area contributed by atoms with Crippen molar-refractivity contribution in [1.82, 2.24) is 5.32 Å². The second-order valence-corrected chi connectivity index (χ2v) is 4.72. The van der Waals surface area contributed by atoms with Gasteiger partial charge in [0.05, 0.1) is 13.7 Å². The molecule has 0 saturated heterocycles. The van der Waals surface area contributed by atoms with E-state index in [4.69, 9.17) is 9.47 Å². The third-order valence-electron chi connectivity index (χ3n) is 3.17. The second kappa shape index (κ2) is 8.12. The van der Waals surface area contributed by atoms with Gasteiger partial charge in [0.2, 0.25) is 0 Å². The zero-order chi connectivity index (χ0) is 14.3. The summed E-state index contributed by atoms with van der Waals surface area (Å²) in [7, 11) is 3.16. The maximum atomic E-state index is 13.7. The van der Waals surface area contributed by atoms with Crippen molar-refractivity contribution in [3.63, 3.8) is 0 Å². The molecule has 0 heterocycles. The lowest BCUT2D eigenvalue weighted by molar-refractivity contribution is 0.157. The molecule has 0 aliphatic carbocycles. The number of nitrogens with one attached hydrogen (secondary N) is 1. The molecule has 4 heteroatoms. The lowest BCUT2D eigenvalue weighted by Gasteiger charge is -2.23. The van der Waals surface area contributed by atoms with E-state index in [1.54, 1.807) is 13.2 Å². The number of methoxy groups -OCH3 is 2. The van der Waals surface area contributed by atoms with E-state index in [1.165, 1.54) is 13.2 Å². The fraction of sp³-hybridized carbons (Fsp3) is 0.600. The quantitative estimate of drug-likeness (QED) is 0.785. The third-order valence-corrected chi connectivity index (χ3v) is 3.17. The molecule has 0 radical (unpaired) electrons. The van der Waals surface area contributed by atoms with E-state index in [2.05, 4.69) is 12.2 Å². The summed E-state index contributed by atoms with van der Waals surface area (Å²) in [6.45, 7) is 4.83. The Morgan fingerprint density at radius 2 is 2.05 bits per heavy atom. The Kier molecular flexibility index (Phi) is 6.81. The van der Waals surface area contributed by atoms with Crippen LogP contribution in [0, 0.1) is 5.82 Å². The third kappa shape index (κ3) is 4.80. The van der Waals surface area contributed by atoms with Crippen molar-refractivity contribution in [2.45, 2.75) is 38.8 Å². The minimum absolute atomic E-state index is 0.0760. The van der Waals surface area contributed by atoms with Crippen molar-refractivity contribution in [1.29, 1.82) is 0 Å². The average molecular weight is 269 g/mol. The van der Waals surface area contributed by atoms with Gasteiger partial charge < -0.3 is 14.8 Å². The van der Waals surface area contributed by atoms with Gasteiger partial charge in [-0.25, -0.2) is 4.39 Å². The van der Waals surface area contributed by atoms with Gasteiger partial charge in [-0.3, -0.25) is 0 Å². The van der Waals surface area contributed by atoms with Crippen LogP contribution in [0.2, 0.25) is 0 Å². The Bertz CT molecular complexity index is 378. The largest absolute Gasteiger partial charge is 0.494 e. The molecule has 3 nitrogen and oxygen atoms in total. The van der Waals surface area contributed by atoms with Crippen molar-refractivity contribution in [3.05, 3.63) is 29.6 Å². The number of rotatable bonds is 8. The molecule has 1 rings (SSSR count). The molecular formula is C15H24FNO2. The molecule has 0 amide bonds. The Labute approximate surface area is 115 Å². The lowest BCUT2D eigenvalue weighted by atomic mass is 10.1. The Morgan fingerprint density at radius 3 is 2.58 bits per heavy atom. The first-order valence-electron chi connectivity index (χ1n) is 6.70. The van der Waals surface area contributed by atoms with E-state index in [0.717, 1.165) is 18.4 Å². The normalized spacial score (nSPS) is 14.2. The number of benzene rings is 1. The minimum atomic E-state index is -0.326. The monoisotopic (exact) mass is 269 g/mol.